The van der Waals surface area contributed by atoms with E-state index in [1.807, 2.05) is 0 Å². The van der Waals surface area contributed by atoms with Crippen molar-refractivity contribution in [2.45, 2.75) is 50.3 Å². The summed E-state index contributed by atoms with van der Waals surface area (Å²) in [6.07, 6.45) is 1.77. The first-order chi connectivity index (χ1) is 18.8. The first-order valence-corrected chi connectivity index (χ1v) is 13.6. The van der Waals surface area contributed by atoms with E-state index >= 15 is 0 Å². The molecule has 4 aliphatic rings. The van der Waals surface area contributed by atoms with Crippen LogP contribution in [-0.2, 0) is 27.3 Å². The van der Waals surface area contributed by atoms with Crippen LogP contribution in [0.15, 0.2) is 28.7 Å². The number of rotatable bonds is 4. The van der Waals surface area contributed by atoms with Gasteiger partial charge in [-0.25, -0.2) is 0 Å². The van der Waals surface area contributed by atoms with Gasteiger partial charge in [-0.1, -0.05) is 11.6 Å². The van der Waals surface area contributed by atoms with E-state index in [4.69, 9.17) is 17.3 Å². The quantitative estimate of drug-likeness (QED) is 0.329. The third-order valence-electron chi connectivity index (χ3n) is 8.76. The Morgan fingerprint density at radius 1 is 1.18 bits per heavy atom. The molecule has 4 atom stereocenters. The number of carbonyl (C=O) groups excluding carboxylic acids is 4. The van der Waals surface area contributed by atoms with Crippen LogP contribution in [0.5, 0.6) is 5.75 Å². The molecule has 12 heteroatoms. The van der Waals surface area contributed by atoms with Gasteiger partial charge in [0, 0.05) is 42.4 Å². The number of nitrogens with zero attached hydrogens (tertiary/aromatic N) is 2. The van der Waals surface area contributed by atoms with Gasteiger partial charge in [-0.15, -0.1) is 0 Å². The number of phenolic OH excluding ortho intramolecular Hbond substituents is 1. The molecule has 0 aromatic heterocycles. The van der Waals surface area contributed by atoms with E-state index in [2.05, 4.69) is 4.90 Å². The number of allylic oxidation sites excluding steroid dienone is 1. The van der Waals surface area contributed by atoms with Crippen LogP contribution in [0.25, 0.3) is 0 Å². The molecule has 3 aliphatic carbocycles. The lowest BCUT2D eigenvalue weighted by atomic mass is 9.58. The number of nitrogens with two attached hydrogens (primary N) is 1. The molecule has 0 saturated carbocycles. The summed E-state index contributed by atoms with van der Waals surface area (Å²) in [6, 6.07) is 0.329. The van der Waals surface area contributed by atoms with E-state index in [1.165, 1.54) is 11.0 Å². The predicted octanol–water partition coefficient (Wildman–Crippen LogP) is 1.33. The summed E-state index contributed by atoms with van der Waals surface area (Å²) in [5.41, 5.74) is 2.44. The maximum absolute atomic E-state index is 13.8. The zero-order valence-electron chi connectivity index (χ0n) is 22.2. The highest BCUT2D eigenvalue weighted by Gasteiger charge is 2.63. The highest BCUT2D eigenvalue weighted by molar-refractivity contribution is 6.33. The number of hydrogen-bond acceptors (Lipinski definition) is 10. The smallest absolute Gasteiger partial charge is 0.255 e. The van der Waals surface area contributed by atoms with Crippen molar-refractivity contribution in [3.8, 4) is 5.75 Å². The number of ketones is 3. The maximum atomic E-state index is 13.8. The van der Waals surface area contributed by atoms with E-state index in [1.54, 1.807) is 14.1 Å². The van der Waals surface area contributed by atoms with Crippen LogP contribution in [0.1, 0.15) is 47.2 Å². The van der Waals surface area contributed by atoms with Crippen molar-refractivity contribution in [2.75, 3.05) is 27.2 Å². The normalized spacial score (nSPS) is 29.3. The molecule has 40 heavy (non-hydrogen) atoms. The van der Waals surface area contributed by atoms with Gasteiger partial charge in [0.1, 0.15) is 28.6 Å². The maximum Gasteiger partial charge on any atom is 0.255 e. The average Bonchev–Trinajstić information content (AvgIpc) is 3.07. The van der Waals surface area contributed by atoms with Gasteiger partial charge in [0.15, 0.2) is 11.4 Å². The Hall–Kier alpha value is -3.25. The number of aliphatic hydroxyl groups excluding tert-OH is 2. The van der Waals surface area contributed by atoms with Crippen molar-refractivity contribution in [3.63, 3.8) is 0 Å². The number of aromatic hydroxyl groups is 1. The topological polar surface area (TPSA) is 182 Å². The number of fused-ring (bicyclic) bond motifs is 3. The SMILES string of the molecule is CN(C)[C@@H]1C(O)=C(C(N)=O)C(=O)[C@@]2(O)C(O)=C3C(=O)c4c(O)cc(CN5CCCC(=O)CC5)c(Cl)c4C[C@H]3C[C@@H]12. The molecule has 11 nitrogen and oxygen atoms in total. The molecule has 1 fully saturated rings. The summed E-state index contributed by atoms with van der Waals surface area (Å²) in [4.78, 5) is 54.6. The number of likely N-dealkylation sites (tertiary alicyclic amines) is 1. The van der Waals surface area contributed by atoms with Crippen molar-refractivity contribution in [1.82, 2.24) is 9.80 Å². The zero-order chi connectivity index (χ0) is 29.3. The number of benzene rings is 1. The molecule has 5 rings (SSSR count). The largest absolute Gasteiger partial charge is 0.510 e. The van der Waals surface area contributed by atoms with Crippen molar-refractivity contribution in [2.24, 2.45) is 17.6 Å². The van der Waals surface area contributed by atoms with Crippen molar-refractivity contribution >= 4 is 34.9 Å². The zero-order valence-corrected chi connectivity index (χ0v) is 23.0. The van der Waals surface area contributed by atoms with Gasteiger partial charge in [0.2, 0.25) is 5.78 Å². The van der Waals surface area contributed by atoms with Gasteiger partial charge in [-0.3, -0.25) is 29.0 Å². The van der Waals surface area contributed by atoms with Crippen LogP contribution >= 0.6 is 11.6 Å². The Morgan fingerprint density at radius 3 is 2.52 bits per heavy atom. The van der Waals surface area contributed by atoms with Crippen LogP contribution in [-0.4, -0.2) is 92.3 Å². The summed E-state index contributed by atoms with van der Waals surface area (Å²) in [6.45, 7) is 1.61. The van der Waals surface area contributed by atoms with Crippen LogP contribution in [0.2, 0.25) is 5.02 Å². The van der Waals surface area contributed by atoms with Gasteiger partial charge in [-0.2, -0.15) is 0 Å². The van der Waals surface area contributed by atoms with Crippen molar-refractivity contribution in [1.29, 1.82) is 0 Å². The number of Topliss-reactive ketones (excluding diaryl/α,β-unsaturated/α-hetero) is 3. The Kier molecular flexibility index (Phi) is 7.06. The van der Waals surface area contributed by atoms with Crippen molar-refractivity contribution in [3.05, 3.63) is 50.4 Å². The molecule has 6 N–H and O–H groups in total. The summed E-state index contributed by atoms with van der Waals surface area (Å²) < 4.78 is 0. The molecule has 1 saturated heterocycles. The number of halogens is 1. The second kappa shape index (κ2) is 9.99. The summed E-state index contributed by atoms with van der Waals surface area (Å²) >= 11 is 6.82. The fourth-order valence-electron chi connectivity index (χ4n) is 6.89. The Bertz CT molecular complexity index is 1420. The van der Waals surface area contributed by atoms with Crippen LogP contribution in [0, 0.1) is 11.8 Å². The average molecular weight is 574 g/mol. The van der Waals surface area contributed by atoms with E-state index < -0.39 is 58.0 Å². The molecule has 1 aliphatic heterocycles. The standard InChI is InChI=1S/C28H32ClN3O8/c1-31(2)22-16-9-12-8-15-19(17(34)10-13(21(15)29)11-32-6-3-4-14(33)5-7-32)23(35)18(12)25(37)28(16,40)26(38)20(24(22)36)27(30)39/h10,12,16,22,34,36-37,40H,3-9,11H2,1-2H3,(H2,30,39)/t12-,16-,22-,28-/m0/s1. The number of likely N-dealkylation sites (N-methyl/N-ethyl adjacent to an activating group) is 1. The van der Waals surface area contributed by atoms with E-state index in [9.17, 15) is 39.6 Å². The third kappa shape index (κ3) is 4.14. The summed E-state index contributed by atoms with van der Waals surface area (Å²) in [7, 11) is 3.15. The van der Waals surface area contributed by atoms with Crippen LogP contribution < -0.4 is 5.73 Å². The molecule has 1 aromatic rings. The fourth-order valence-corrected chi connectivity index (χ4v) is 7.17. The predicted molar refractivity (Wildman–Crippen MR) is 143 cm³/mol. The molecule has 1 heterocycles. The molecule has 1 amide bonds. The number of phenols is 1. The Labute approximate surface area is 235 Å². The van der Waals surface area contributed by atoms with Crippen LogP contribution in [0.4, 0.5) is 0 Å². The summed E-state index contributed by atoms with van der Waals surface area (Å²) in [5, 5.41) is 45.1. The minimum absolute atomic E-state index is 0.0126. The minimum atomic E-state index is -2.69. The van der Waals surface area contributed by atoms with E-state index in [0.717, 1.165) is 6.42 Å². The lowest BCUT2D eigenvalue weighted by Crippen LogP contribution is -2.63. The Morgan fingerprint density at radius 2 is 1.88 bits per heavy atom. The summed E-state index contributed by atoms with van der Waals surface area (Å²) in [5.74, 6) is -6.83. The Balaban J connectivity index is 1.59. The van der Waals surface area contributed by atoms with Gasteiger partial charge in [0.05, 0.1) is 11.6 Å². The van der Waals surface area contributed by atoms with Gasteiger partial charge in [0.25, 0.3) is 5.91 Å². The second-order valence-electron chi connectivity index (χ2n) is 11.4. The molecule has 214 valence electrons. The van der Waals surface area contributed by atoms with E-state index in [-0.39, 0.29) is 35.5 Å². The fraction of sp³-hybridized carbons (Fsp3) is 0.500. The molecule has 0 radical (unpaired) electrons. The monoisotopic (exact) mass is 573 g/mol. The molecule has 0 spiro atoms. The van der Waals surface area contributed by atoms with E-state index in [0.29, 0.717) is 48.6 Å². The molecular formula is C28H32ClN3O8. The van der Waals surface area contributed by atoms with Gasteiger partial charge >= 0.3 is 0 Å². The molecular weight excluding hydrogens is 542 g/mol. The molecule has 1 aromatic carbocycles. The number of carbonyl (C=O) groups is 4. The number of aliphatic hydroxyl groups is 3. The highest BCUT2D eigenvalue weighted by atomic mass is 35.5. The second-order valence-corrected chi connectivity index (χ2v) is 11.7. The lowest BCUT2D eigenvalue weighted by Gasteiger charge is -2.50. The first kappa shape index (κ1) is 28.3. The van der Waals surface area contributed by atoms with Gasteiger partial charge in [-0.05, 0) is 63.0 Å². The number of primary amides is 1. The first-order valence-electron chi connectivity index (χ1n) is 13.2. The third-order valence-corrected chi connectivity index (χ3v) is 9.23. The minimum Gasteiger partial charge on any atom is -0.510 e. The number of hydrogen-bond donors (Lipinski definition) is 5. The van der Waals surface area contributed by atoms with Gasteiger partial charge < -0.3 is 26.2 Å². The highest BCUT2D eigenvalue weighted by Crippen LogP contribution is 2.53. The van der Waals surface area contributed by atoms with Crippen LogP contribution in [0.3, 0.4) is 0 Å². The molecule has 0 unspecified atom stereocenters. The molecule has 0 bridgehead atoms. The lowest BCUT2D eigenvalue weighted by molar-refractivity contribution is -0.148. The van der Waals surface area contributed by atoms with Crippen molar-refractivity contribution < 1.29 is 39.6 Å². The number of amides is 1.